The fourth-order valence-electron chi connectivity index (χ4n) is 3.57. The summed E-state index contributed by atoms with van der Waals surface area (Å²) in [6.45, 7) is 0.538. The van der Waals surface area contributed by atoms with Gasteiger partial charge in [0.2, 0.25) is 11.8 Å². The van der Waals surface area contributed by atoms with Crippen LogP contribution in [0.5, 0.6) is 0 Å². The molecule has 0 bridgehead atoms. The molecule has 1 aliphatic rings. The molecule has 1 atom stereocenters. The van der Waals surface area contributed by atoms with E-state index < -0.39 is 6.04 Å². The van der Waals surface area contributed by atoms with Crippen molar-refractivity contribution < 1.29 is 14.4 Å². The van der Waals surface area contributed by atoms with Crippen molar-refractivity contribution in [3.05, 3.63) is 65.7 Å². The quantitative estimate of drug-likeness (QED) is 0.603. The molecule has 2 heterocycles. The van der Waals surface area contributed by atoms with Crippen LogP contribution in [0.4, 0.5) is 5.13 Å². The summed E-state index contributed by atoms with van der Waals surface area (Å²) in [5, 5.41) is 5.97. The number of carbonyl (C=O) groups is 3. The van der Waals surface area contributed by atoms with Gasteiger partial charge in [-0.05, 0) is 48.7 Å². The van der Waals surface area contributed by atoms with Gasteiger partial charge in [-0.1, -0.05) is 35.6 Å². The van der Waals surface area contributed by atoms with Crippen LogP contribution in [0.15, 0.2) is 54.6 Å². The minimum Gasteiger partial charge on any atom is -0.355 e. The number of hydrogen-bond acceptors (Lipinski definition) is 5. The maximum absolute atomic E-state index is 12.8. The number of amides is 3. The highest BCUT2D eigenvalue weighted by Gasteiger charge is 2.33. The molecule has 2 N–H and O–H groups in total. The number of fused-ring (bicyclic) bond motifs is 1. The minimum atomic E-state index is -0.514. The Balaban J connectivity index is 1.41. The van der Waals surface area contributed by atoms with Crippen molar-refractivity contribution >= 4 is 50.5 Å². The summed E-state index contributed by atoms with van der Waals surface area (Å²) < 4.78 is 1.00. The Labute approximate surface area is 183 Å². The summed E-state index contributed by atoms with van der Waals surface area (Å²) in [6, 6.07) is 14.1. The maximum Gasteiger partial charge on any atom is 0.251 e. The number of anilines is 1. The van der Waals surface area contributed by atoms with E-state index in [-0.39, 0.29) is 17.7 Å². The molecule has 7 nitrogen and oxygen atoms in total. The molecule has 0 saturated carbocycles. The number of aromatic nitrogens is 1. The predicted octanol–water partition coefficient (Wildman–Crippen LogP) is 3.30. The highest BCUT2D eigenvalue weighted by molar-refractivity contribution is 7.22. The van der Waals surface area contributed by atoms with Crippen molar-refractivity contribution in [3.63, 3.8) is 0 Å². The summed E-state index contributed by atoms with van der Waals surface area (Å²) in [6.07, 6.45) is 4.56. The van der Waals surface area contributed by atoms with Crippen LogP contribution in [0.25, 0.3) is 16.3 Å². The van der Waals surface area contributed by atoms with E-state index in [4.69, 9.17) is 0 Å². The van der Waals surface area contributed by atoms with Gasteiger partial charge in [-0.25, -0.2) is 4.98 Å². The Morgan fingerprint density at radius 1 is 1.13 bits per heavy atom. The van der Waals surface area contributed by atoms with Crippen molar-refractivity contribution in [2.24, 2.45) is 0 Å². The Bertz CT molecular complexity index is 1120. The Hall–Kier alpha value is -3.52. The molecular formula is C23H22N4O3S. The number of para-hydroxylation sites is 1. The Morgan fingerprint density at radius 3 is 2.65 bits per heavy atom. The maximum atomic E-state index is 12.8. The van der Waals surface area contributed by atoms with Crippen LogP contribution >= 0.6 is 11.3 Å². The van der Waals surface area contributed by atoms with E-state index in [9.17, 15) is 14.4 Å². The van der Waals surface area contributed by atoms with E-state index in [0.717, 1.165) is 22.2 Å². The molecule has 1 unspecified atom stereocenters. The zero-order valence-electron chi connectivity index (χ0n) is 17.0. The van der Waals surface area contributed by atoms with E-state index >= 15 is 0 Å². The number of benzene rings is 2. The van der Waals surface area contributed by atoms with Crippen LogP contribution in [-0.2, 0) is 9.59 Å². The first-order valence-corrected chi connectivity index (χ1v) is 10.8. The average Bonchev–Trinajstić information content (AvgIpc) is 3.44. The van der Waals surface area contributed by atoms with Gasteiger partial charge in [0.05, 0.1) is 10.2 Å². The van der Waals surface area contributed by atoms with E-state index in [2.05, 4.69) is 15.6 Å². The average molecular weight is 435 g/mol. The van der Waals surface area contributed by atoms with Gasteiger partial charge >= 0.3 is 0 Å². The standard InChI is InChI=1S/C23H22N4O3S/c1-24-21(29)16-11-8-15(9-12-16)10-13-20(28)27-14-4-6-18(27)22(30)26-23-25-17-5-2-3-7-19(17)31-23/h2-3,5,7-13,18H,4,6,14H2,1H3,(H,24,29)(H,25,26,30)/b13-10+. The molecule has 2 aromatic carbocycles. The lowest BCUT2D eigenvalue weighted by atomic mass is 10.1. The predicted molar refractivity (Wildman–Crippen MR) is 122 cm³/mol. The molecule has 158 valence electrons. The molecule has 1 aromatic heterocycles. The van der Waals surface area contributed by atoms with Gasteiger partial charge in [-0.15, -0.1) is 0 Å². The van der Waals surface area contributed by atoms with Crippen molar-refractivity contribution in [1.29, 1.82) is 0 Å². The van der Waals surface area contributed by atoms with Crippen LogP contribution in [0, 0.1) is 0 Å². The van der Waals surface area contributed by atoms with Crippen molar-refractivity contribution in [3.8, 4) is 0 Å². The summed E-state index contributed by atoms with van der Waals surface area (Å²) in [4.78, 5) is 43.2. The smallest absolute Gasteiger partial charge is 0.251 e. The first-order valence-electron chi connectivity index (χ1n) is 10.0. The molecule has 3 amide bonds. The van der Waals surface area contributed by atoms with E-state index in [0.29, 0.717) is 23.7 Å². The summed E-state index contributed by atoms with van der Waals surface area (Å²) in [5.41, 5.74) is 2.19. The number of nitrogens with zero attached hydrogens (tertiary/aromatic N) is 2. The Kier molecular flexibility index (Phi) is 6.08. The number of rotatable bonds is 5. The van der Waals surface area contributed by atoms with Gasteiger partial charge in [0.15, 0.2) is 5.13 Å². The fourth-order valence-corrected chi connectivity index (χ4v) is 4.44. The van der Waals surface area contributed by atoms with Crippen LogP contribution < -0.4 is 10.6 Å². The number of likely N-dealkylation sites (tertiary alicyclic amines) is 1. The van der Waals surface area contributed by atoms with Gasteiger partial charge in [-0.3, -0.25) is 14.4 Å². The van der Waals surface area contributed by atoms with Crippen molar-refractivity contribution in [1.82, 2.24) is 15.2 Å². The fraction of sp³-hybridized carbons (Fsp3) is 0.217. The highest BCUT2D eigenvalue weighted by Crippen LogP contribution is 2.27. The third kappa shape index (κ3) is 4.64. The van der Waals surface area contributed by atoms with Gasteiger partial charge in [0, 0.05) is 25.2 Å². The van der Waals surface area contributed by atoms with E-state index in [1.54, 1.807) is 42.3 Å². The lowest BCUT2D eigenvalue weighted by Crippen LogP contribution is -2.42. The number of hydrogen-bond donors (Lipinski definition) is 2. The number of nitrogens with one attached hydrogen (secondary N) is 2. The molecule has 1 fully saturated rings. The van der Waals surface area contributed by atoms with E-state index in [1.807, 2.05) is 24.3 Å². The van der Waals surface area contributed by atoms with Gasteiger partial charge in [-0.2, -0.15) is 0 Å². The van der Waals surface area contributed by atoms with Gasteiger partial charge in [0.25, 0.3) is 5.91 Å². The SMILES string of the molecule is CNC(=O)c1ccc(/C=C/C(=O)N2CCCC2C(=O)Nc2nc3ccccc3s2)cc1. The van der Waals surface area contributed by atoms with Crippen molar-refractivity contribution in [2.75, 3.05) is 18.9 Å². The molecule has 4 rings (SSSR count). The zero-order valence-corrected chi connectivity index (χ0v) is 17.8. The lowest BCUT2D eigenvalue weighted by Gasteiger charge is -2.22. The van der Waals surface area contributed by atoms with Crippen LogP contribution in [0.1, 0.15) is 28.8 Å². The molecular weight excluding hydrogens is 412 g/mol. The monoisotopic (exact) mass is 434 g/mol. The molecule has 1 saturated heterocycles. The molecule has 31 heavy (non-hydrogen) atoms. The van der Waals surface area contributed by atoms with Crippen LogP contribution in [0.3, 0.4) is 0 Å². The second kappa shape index (κ2) is 9.09. The second-order valence-corrected chi connectivity index (χ2v) is 8.23. The number of thiazole rings is 1. The summed E-state index contributed by atoms with van der Waals surface area (Å²) in [5.74, 6) is -0.587. The molecule has 1 aliphatic heterocycles. The molecule has 8 heteroatoms. The minimum absolute atomic E-state index is 0.161. The number of carbonyl (C=O) groups excluding carboxylic acids is 3. The highest BCUT2D eigenvalue weighted by atomic mass is 32.1. The summed E-state index contributed by atoms with van der Waals surface area (Å²) >= 11 is 1.42. The Morgan fingerprint density at radius 2 is 1.90 bits per heavy atom. The molecule has 0 aliphatic carbocycles. The van der Waals surface area contributed by atoms with Gasteiger partial charge in [0.1, 0.15) is 6.04 Å². The topological polar surface area (TPSA) is 91.4 Å². The summed E-state index contributed by atoms with van der Waals surface area (Å²) in [7, 11) is 1.58. The third-order valence-electron chi connectivity index (χ3n) is 5.18. The van der Waals surface area contributed by atoms with Gasteiger partial charge < -0.3 is 15.5 Å². The van der Waals surface area contributed by atoms with Crippen LogP contribution in [-0.4, -0.2) is 47.2 Å². The van der Waals surface area contributed by atoms with Crippen molar-refractivity contribution in [2.45, 2.75) is 18.9 Å². The largest absolute Gasteiger partial charge is 0.355 e. The molecule has 0 radical (unpaired) electrons. The zero-order chi connectivity index (χ0) is 21.8. The molecule has 3 aromatic rings. The first kappa shape index (κ1) is 20.7. The van der Waals surface area contributed by atoms with E-state index in [1.165, 1.54) is 17.4 Å². The molecule has 0 spiro atoms. The van der Waals surface area contributed by atoms with Crippen LogP contribution in [0.2, 0.25) is 0 Å². The lowest BCUT2D eigenvalue weighted by molar-refractivity contribution is -0.132. The third-order valence-corrected chi connectivity index (χ3v) is 6.13. The second-order valence-electron chi connectivity index (χ2n) is 7.20. The first-order chi connectivity index (χ1) is 15.0. The normalized spacial score (nSPS) is 16.0.